The highest BCUT2D eigenvalue weighted by Crippen LogP contribution is 2.35. The van der Waals surface area contributed by atoms with Crippen LogP contribution in [0, 0.1) is 0 Å². The van der Waals surface area contributed by atoms with Gasteiger partial charge in [0.05, 0.1) is 19.4 Å². The number of aromatic nitrogens is 2. The predicted octanol–water partition coefficient (Wildman–Crippen LogP) is 2.15. The van der Waals surface area contributed by atoms with E-state index in [1.165, 1.54) is 0 Å². The Morgan fingerprint density at radius 2 is 2.07 bits per heavy atom. The van der Waals surface area contributed by atoms with Crippen LogP contribution in [0.5, 0.6) is 5.75 Å². The Balaban J connectivity index is 1.69. The van der Waals surface area contributed by atoms with Crippen molar-refractivity contribution in [2.75, 3.05) is 27.3 Å². The molecule has 1 aliphatic heterocycles. The molecule has 2 heterocycles. The van der Waals surface area contributed by atoms with Gasteiger partial charge >= 0.3 is 0 Å². The van der Waals surface area contributed by atoms with Crippen molar-refractivity contribution >= 4 is 5.91 Å². The third-order valence-electron chi connectivity index (χ3n) is 5.43. The third-order valence-corrected chi connectivity index (χ3v) is 5.43. The average Bonchev–Trinajstić information content (AvgIpc) is 3.22. The van der Waals surface area contributed by atoms with E-state index >= 15 is 0 Å². The Bertz CT molecular complexity index is 768. The molecular weight excluding hydrogens is 344 g/mol. The molecule has 7 nitrogen and oxygen atoms in total. The maximum absolute atomic E-state index is 12.5. The minimum Gasteiger partial charge on any atom is -0.497 e. The fourth-order valence-electron chi connectivity index (χ4n) is 3.57. The lowest BCUT2D eigenvalue weighted by Gasteiger charge is -2.34. The number of H-pyrrole nitrogens is 1. The summed E-state index contributed by atoms with van der Waals surface area (Å²) in [5, 5.41) is 7.43. The number of nitrogens with zero attached hydrogens (tertiary/aromatic N) is 2. The molecule has 1 aliphatic rings. The molecule has 1 amide bonds. The Labute approximate surface area is 159 Å². The molecule has 0 aliphatic carbocycles. The maximum atomic E-state index is 12.5. The summed E-state index contributed by atoms with van der Waals surface area (Å²) in [5.74, 6) is 1.11. The van der Waals surface area contributed by atoms with Crippen molar-refractivity contribution in [3.63, 3.8) is 0 Å². The number of carbonyl (C=O) groups excluding carboxylic acids is 1. The molecule has 7 heteroatoms. The van der Waals surface area contributed by atoms with E-state index < -0.39 is 6.04 Å². The standard InChI is InChI=1S/C20H28N4O3/c1-13(26-2)18(21)20(25)24-9-7-14(8-10-24)19-17(12-22-23-19)15-5-4-6-16(11-15)27-3/h4-6,11-14,18H,7-10,21H2,1-3H3,(H,22,23)/t13-,18+/m1/s1. The first-order valence-electron chi connectivity index (χ1n) is 9.30. The summed E-state index contributed by atoms with van der Waals surface area (Å²) in [6.45, 7) is 3.19. The summed E-state index contributed by atoms with van der Waals surface area (Å²) >= 11 is 0. The van der Waals surface area contributed by atoms with Crippen molar-refractivity contribution in [1.82, 2.24) is 15.1 Å². The molecule has 2 aromatic rings. The molecule has 0 radical (unpaired) electrons. The quantitative estimate of drug-likeness (QED) is 0.810. The molecule has 0 bridgehead atoms. The van der Waals surface area contributed by atoms with Crippen LogP contribution < -0.4 is 10.5 Å². The summed E-state index contributed by atoms with van der Waals surface area (Å²) in [6.07, 6.45) is 3.32. The lowest BCUT2D eigenvalue weighted by molar-refractivity contribution is -0.136. The molecule has 0 saturated carbocycles. The van der Waals surface area contributed by atoms with E-state index in [1.807, 2.05) is 36.2 Å². The molecule has 0 spiro atoms. The highest BCUT2D eigenvalue weighted by Gasteiger charge is 2.31. The summed E-state index contributed by atoms with van der Waals surface area (Å²) in [5.41, 5.74) is 9.29. The number of likely N-dealkylation sites (tertiary alicyclic amines) is 1. The van der Waals surface area contributed by atoms with Crippen LogP contribution in [-0.4, -0.2) is 60.5 Å². The zero-order valence-corrected chi connectivity index (χ0v) is 16.1. The molecule has 1 aromatic carbocycles. The normalized spacial score (nSPS) is 17.6. The SMILES string of the molecule is COc1cccc(-c2cn[nH]c2C2CCN(C(=O)[C@@H](N)[C@@H](C)OC)CC2)c1. The third kappa shape index (κ3) is 4.14. The number of carbonyl (C=O) groups is 1. The van der Waals surface area contributed by atoms with Crippen LogP contribution in [0.4, 0.5) is 0 Å². The van der Waals surface area contributed by atoms with Crippen LogP contribution in [0.1, 0.15) is 31.4 Å². The van der Waals surface area contributed by atoms with Crippen molar-refractivity contribution < 1.29 is 14.3 Å². The number of methoxy groups -OCH3 is 2. The Morgan fingerprint density at radius 1 is 1.33 bits per heavy atom. The van der Waals surface area contributed by atoms with Gasteiger partial charge in [-0.3, -0.25) is 9.89 Å². The number of hydrogen-bond donors (Lipinski definition) is 2. The van der Waals surface area contributed by atoms with Crippen molar-refractivity contribution in [3.05, 3.63) is 36.2 Å². The van der Waals surface area contributed by atoms with Crippen molar-refractivity contribution in [2.45, 2.75) is 37.8 Å². The molecule has 1 aromatic heterocycles. The van der Waals surface area contributed by atoms with E-state index in [0.717, 1.165) is 35.4 Å². The van der Waals surface area contributed by atoms with Crippen LogP contribution in [0.25, 0.3) is 11.1 Å². The van der Waals surface area contributed by atoms with Gasteiger partial charge in [0.1, 0.15) is 11.8 Å². The highest BCUT2D eigenvalue weighted by molar-refractivity contribution is 5.82. The Kier molecular flexibility index (Phi) is 6.13. The highest BCUT2D eigenvalue weighted by atomic mass is 16.5. The number of aromatic amines is 1. The molecule has 1 fully saturated rings. The Hall–Kier alpha value is -2.38. The number of nitrogens with two attached hydrogens (primary N) is 1. The summed E-state index contributed by atoms with van der Waals surface area (Å²) in [4.78, 5) is 14.4. The van der Waals surface area contributed by atoms with Gasteiger partial charge in [0.15, 0.2) is 0 Å². The molecule has 1 saturated heterocycles. The molecule has 3 N–H and O–H groups in total. The second-order valence-electron chi connectivity index (χ2n) is 7.00. The van der Waals surface area contributed by atoms with E-state index in [0.29, 0.717) is 19.0 Å². The monoisotopic (exact) mass is 372 g/mol. The number of rotatable bonds is 6. The molecule has 3 rings (SSSR count). The van der Waals surface area contributed by atoms with Crippen molar-refractivity contribution in [3.8, 4) is 16.9 Å². The van der Waals surface area contributed by atoms with Crippen molar-refractivity contribution in [1.29, 1.82) is 0 Å². The van der Waals surface area contributed by atoms with E-state index in [-0.39, 0.29) is 12.0 Å². The molecule has 0 unspecified atom stereocenters. The molecule has 146 valence electrons. The van der Waals surface area contributed by atoms with Gasteiger partial charge in [0, 0.05) is 37.4 Å². The number of amides is 1. The van der Waals surface area contributed by atoms with Crippen LogP contribution in [0.15, 0.2) is 30.5 Å². The first-order chi connectivity index (χ1) is 13.0. The average molecular weight is 372 g/mol. The first kappa shape index (κ1) is 19.4. The number of nitrogens with one attached hydrogen (secondary N) is 1. The van der Waals surface area contributed by atoms with Gasteiger partial charge in [0.25, 0.3) is 0 Å². The summed E-state index contributed by atoms with van der Waals surface area (Å²) in [7, 11) is 3.24. The second kappa shape index (κ2) is 8.54. The van der Waals surface area contributed by atoms with Gasteiger partial charge in [-0.25, -0.2) is 0 Å². The second-order valence-corrected chi connectivity index (χ2v) is 7.00. The topological polar surface area (TPSA) is 93.5 Å². The van der Waals surface area contributed by atoms with Crippen LogP contribution >= 0.6 is 0 Å². The van der Waals surface area contributed by atoms with Crippen molar-refractivity contribution in [2.24, 2.45) is 5.73 Å². The van der Waals surface area contributed by atoms with E-state index in [1.54, 1.807) is 14.2 Å². The fraction of sp³-hybridized carbons (Fsp3) is 0.500. The summed E-state index contributed by atoms with van der Waals surface area (Å²) in [6, 6.07) is 7.35. The molecule has 27 heavy (non-hydrogen) atoms. The lowest BCUT2D eigenvalue weighted by Crippen LogP contribution is -2.51. The fourth-order valence-corrected chi connectivity index (χ4v) is 3.57. The minimum atomic E-state index is -0.619. The molecular formula is C20H28N4O3. The zero-order chi connectivity index (χ0) is 19.4. The smallest absolute Gasteiger partial charge is 0.242 e. The number of hydrogen-bond acceptors (Lipinski definition) is 5. The van der Waals surface area contributed by atoms with E-state index in [4.69, 9.17) is 15.2 Å². The Morgan fingerprint density at radius 3 is 2.74 bits per heavy atom. The number of piperidine rings is 1. The number of ether oxygens (including phenoxy) is 2. The van der Waals surface area contributed by atoms with Crippen LogP contribution in [0.2, 0.25) is 0 Å². The van der Waals surface area contributed by atoms with Gasteiger partial charge in [-0.1, -0.05) is 12.1 Å². The summed E-state index contributed by atoms with van der Waals surface area (Å²) < 4.78 is 10.5. The van der Waals surface area contributed by atoms with Gasteiger partial charge in [0.2, 0.25) is 5.91 Å². The van der Waals surface area contributed by atoms with E-state index in [9.17, 15) is 4.79 Å². The van der Waals surface area contributed by atoms with Gasteiger partial charge in [-0.2, -0.15) is 5.10 Å². The minimum absolute atomic E-state index is 0.0413. The molecule has 2 atom stereocenters. The van der Waals surface area contributed by atoms with E-state index in [2.05, 4.69) is 16.3 Å². The predicted molar refractivity (Wildman–Crippen MR) is 104 cm³/mol. The van der Waals surface area contributed by atoms with Crippen LogP contribution in [-0.2, 0) is 9.53 Å². The number of benzene rings is 1. The van der Waals surface area contributed by atoms with Gasteiger partial charge in [-0.05, 0) is 37.5 Å². The van der Waals surface area contributed by atoms with Gasteiger partial charge < -0.3 is 20.1 Å². The first-order valence-corrected chi connectivity index (χ1v) is 9.30. The lowest BCUT2D eigenvalue weighted by atomic mass is 9.89. The largest absolute Gasteiger partial charge is 0.497 e. The van der Waals surface area contributed by atoms with Crippen LogP contribution in [0.3, 0.4) is 0 Å². The maximum Gasteiger partial charge on any atom is 0.242 e. The zero-order valence-electron chi connectivity index (χ0n) is 16.1. The van der Waals surface area contributed by atoms with Gasteiger partial charge in [-0.15, -0.1) is 0 Å².